The van der Waals surface area contributed by atoms with Gasteiger partial charge in [0.25, 0.3) is 0 Å². The van der Waals surface area contributed by atoms with Crippen LogP contribution in [0.2, 0.25) is 0 Å². The summed E-state index contributed by atoms with van der Waals surface area (Å²) in [5, 5.41) is 5.79. The molecule has 4 aromatic rings. The van der Waals surface area contributed by atoms with Crippen LogP contribution in [0.3, 0.4) is 0 Å². The van der Waals surface area contributed by atoms with Crippen LogP contribution in [0.1, 0.15) is 0 Å². The molecule has 5 rings (SSSR count). The summed E-state index contributed by atoms with van der Waals surface area (Å²) in [7, 11) is 0. The number of thiocarbonyl (C=S) groups is 1. The minimum Gasteiger partial charge on any atom is -0.352 e. The minimum atomic E-state index is -0.281. The molecule has 0 amide bonds. The van der Waals surface area contributed by atoms with Crippen molar-refractivity contribution >= 4 is 68.2 Å². The Kier molecular flexibility index (Phi) is 5.21. The summed E-state index contributed by atoms with van der Waals surface area (Å²) in [6, 6.07) is 12.3. The van der Waals surface area contributed by atoms with E-state index in [1.54, 1.807) is 12.4 Å². The fourth-order valence-electron chi connectivity index (χ4n) is 3.86. The number of aromatic nitrogens is 3. The Morgan fingerprint density at radius 3 is 2.52 bits per heavy atom. The van der Waals surface area contributed by atoms with Gasteiger partial charge in [0.2, 0.25) is 0 Å². The van der Waals surface area contributed by atoms with Crippen LogP contribution in [0.5, 0.6) is 0 Å². The van der Waals surface area contributed by atoms with E-state index in [1.165, 1.54) is 12.1 Å². The first kappa shape index (κ1) is 19.8. The van der Waals surface area contributed by atoms with E-state index < -0.39 is 0 Å². The van der Waals surface area contributed by atoms with Crippen molar-refractivity contribution in [3.8, 4) is 0 Å². The lowest BCUT2D eigenvalue weighted by atomic mass is 10.2. The molecule has 0 saturated carbocycles. The number of hydrogen-bond donors (Lipinski definition) is 3. The van der Waals surface area contributed by atoms with E-state index in [-0.39, 0.29) is 5.82 Å². The maximum absolute atomic E-state index is 13.6. The molecule has 31 heavy (non-hydrogen) atoms. The normalized spacial score (nSPS) is 14.3. The molecule has 1 fully saturated rings. The second kappa shape index (κ2) is 8.16. The van der Waals surface area contributed by atoms with Crippen molar-refractivity contribution in [2.75, 3.05) is 41.2 Å². The van der Waals surface area contributed by atoms with Crippen LogP contribution in [-0.4, -0.2) is 51.1 Å². The van der Waals surface area contributed by atoms with Crippen molar-refractivity contribution in [1.82, 2.24) is 19.9 Å². The minimum absolute atomic E-state index is 0.281. The van der Waals surface area contributed by atoms with E-state index in [9.17, 15) is 4.39 Å². The summed E-state index contributed by atoms with van der Waals surface area (Å²) in [5.41, 5.74) is 3.16. The largest absolute Gasteiger partial charge is 0.352 e. The van der Waals surface area contributed by atoms with Crippen LogP contribution >= 0.6 is 24.0 Å². The SMILES string of the molecule is Fc1ccc2c(c1)[nH]c1ncnc(N3CCN(C(=S)Nc4ccc(NCl)cc4)CC3)c12. The van der Waals surface area contributed by atoms with Crippen LogP contribution < -0.4 is 15.1 Å². The van der Waals surface area contributed by atoms with E-state index in [2.05, 4.69) is 34.9 Å². The molecule has 1 aliphatic heterocycles. The molecule has 0 spiro atoms. The topological polar surface area (TPSA) is 72.1 Å². The molecule has 3 heterocycles. The van der Waals surface area contributed by atoms with Gasteiger partial charge in [0.1, 0.15) is 23.6 Å². The molecule has 0 radical (unpaired) electrons. The summed E-state index contributed by atoms with van der Waals surface area (Å²) in [5.74, 6) is 0.572. The van der Waals surface area contributed by atoms with Crippen LogP contribution in [0, 0.1) is 5.82 Å². The van der Waals surface area contributed by atoms with Gasteiger partial charge in [0, 0.05) is 54.7 Å². The summed E-state index contributed by atoms with van der Waals surface area (Å²) < 4.78 is 13.6. The predicted octanol–water partition coefficient (Wildman–Crippen LogP) is 4.33. The summed E-state index contributed by atoms with van der Waals surface area (Å²) in [6.45, 7) is 3.04. The summed E-state index contributed by atoms with van der Waals surface area (Å²) >= 11 is 11.2. The first-order chi connectivity index (χ1) is 15.1. The zero-order chi connectivity index (χ0) is 21.4. The van der Waals surface area contributed by atoms with E-state index in [0.29, 0.717) is 10.8 Å². The number of hydrogen-bond acceptors (Lipinski definition) is 5. The first-order valence-corrected chi connectivity index (χ1v) is 10.6. The quantitative estimate of drug-likeness (QED) is 0.313. The van der Waals surface area contributed by atoms with Crippen molar-refractivity contribution in [3.63, 3.8) is 0 Å². The van der Waals surface area contributed by atoms with E-state index >= 15 is 0 Å². The fourth-order valence-corrected chi connectivity index (χ4v) is 4.29. The van der Waals surface area contributed by atoms with Crippen molar-refractivity contribution in [1.29, 1.82) is 0 Å². The Hall–Kier alpha value is -3.17. The molecule has 2 aromatic carbocycles. The van der Waals surface area contributed by atoms with Crippen molar-refractivity contribution in [3.05, 3.63) is 54.6 Å². The highest BCUT2D eigenvalue weighted by atomic mass is 35.5. The first-order valence-electron chi connectivity index (χ1n) is 9.82. The third kappa shape index (κ3) is 3.82. The Balaban J connectivity index is 1.31. The lowest BCUT2D eigenvalue weighted by molar-refractivity contribution is 0.390. The molecule has 0 unspecified atom stereocenters. The number of aromatic amines is 1. The molecule has 0 atom stereocenters. The number of rotatable bonds is 3. The molecule has 158 valence electrons. The smallest absolute Gasteiger partial charge is 0.173 e. The van der Waals surface area contributed by atoms with E-state index in [0.717, 1.165) is 59.7 Å². The number of halogens is 2. The zero-order valence-electron chi connectivity index (χ0n) is 16.4. The third-order valence-corrected chi connectivity index (χ3v) is 6.02. The van der Waals surface area contributed by atoms with E-state index in [4.69, 9.17) is 24.0 Å². The van der Waals surface area contributed by atoms with Gasteiger partial charge >= 0.3 is 0 Å². The number of nitrogens with one attached hydrogen (secondary N) is 3. The van der Waals surface area contributed by atoms with Gasteiger partial charge in [-0.2, -0.15) is 0 Å². The van der Waals surface area contributed by atoms with Gasteiger partial charge in [0.05, 0.1) is 10.9 Å². The van der Waals surface area contributed by atoms with Crippen molar-refractivity contribution < 1.29 is 4.39 Å². The van der Waals surface area contributed by atoms with Gasteiger partial charge in [-0.25, -0.2) is 14.4 Å². The average Bonchev–Trinajstić information content (AvgIpc) is 3.17. The maximum Gasteiger partial charge on any atom is 0.173 e. The van der Waals surface area contributed by atoms with Gasteiger partial charge < -0.3 is 20.1 Å². The highest BCUT2D eigenvalue weighted by Crippen LogP contribution is 2.31. The Morgan fingerprint density at radius 2 is 1.77 bits per heavy atom. The van der Waals surface area contributed by atoms with Crippen molar-refractivity contribution in [2.45, 2.75) is 0 Å². The average molecular weight is 456 g/mol. The van der Waals surface area contributed by atoms with Crippen LogP contribution in [-0.2, 0) is 0 Å². The second-order valence-electron chi connectivity index (χ2n) is 7.31. The van der Waals surface area contributed by atoms with Crippen LogP contribution in [0.15, 0.2) is 48.8 Å². The molecule has 2 aromatic heterocycles. The molecule has 0 aliphatic carbocycles. The molecular formula is C21H19ClFN7S. The highest BCUT2D eigenvalue weighted by molar-refractivity contribution is 7.80. The molecule has 3 N–H and O–H groups in total. The Labute approximate surface area is 188 Å². The number of H-pyrrole nitrogens is 1. The Bertz CT molecular complexity index is 1250. The summed E-state index contributed by atoms with van der Waals surface area (Å²) in [6.07, 6.45) is 1.54. The van der Waals surface area contributed by atoms with Crippen LogP contribution in [0.4, 0.5) is 21.6 Å². The van der Waals surface area contributed by atoms with Gasteiger partial charge in [-0.3, -0.25) is 4.84 Å². The molecule has 10 heteroatoms. The monoisotopic (exact) mass is 455 g/mol. The number of nitrogens with zero attached hydrogens (tertiary/aromatic N) is 4. The highest BCUT2D eigenvalue weighted by Gasteiger charge is 2.23. The number of piperazine rings is 1. The van der Waals surface area contributed by atoms with Gasteiger partial charge in [-0.1, -0.05) is 0 Å². The fraction of sp³-hybridized carbons (Fsp3) is 0.190. The van der Waals surface area contributed by atoms with E-state index in [1.807, 2.05) is 24.3 Å². The second-order valence-corrected chi connectivity index (χ2v) is 7.89. The predicted molar refractivity (Wildman–Crippen MR) is 127 cm³/mol. The number of anilines is 3. The van der Waals surface area contributed by atoms with Gasteiger partial charge in [0.15, 0.2) is 5.11 Å². The zero-order valence-corrected chi connectivity index (χ0v) is 18.0. The number of benzene rings is 2. The van der Waals surface area contributed by atoms with Gasteiger partial charge in [-0.15, -0.1) is 0 Å². The number of fused-ring (bicyclic) bond motifs is 3. The molecule has 1 saturated heterocycles. The third-order valence-electron chi connectivity index (χ3n) is 5.44. The molecule has 0 bridgehead atoms. The lowest BCUT2D eigenvalue weighted by Crippen LogP contribution is -2.50. The molecule has 1 aliphatic rings. The lowest BCUT2D eigenvalue weighted by Gasteiger charge is -2.37. The molecule has 7 nitrogen and oxygen atoms in total. The standard InChI is InChI=1S/C21H19ClFN7S/c22-28-15-4-2-14(3-5-15)26-21(31)30-9-7-29(8-10-30)20-18-16-6-1-13(23)11-17(16)27-19(18)24-12-25-20/h1-6,11-12,28H,7-10H2,(H,26,31)(H,24,25,27). The maximum atomic E-state index is 13.6. The van der Waals surface area contributed by atoms with Crippen LogP contribution in [0.25, 0.3) is 21.9 Å². The van der Waals surface area contributed by atoms with Gasteiger partial charge in [-0.05, 0) is 54.7 Å². The Morgan fingerprint density at radius 1 is 1.03 bits per heavy atom. The van der Waals surface area contributed by atoms with Crippen molar-refractivity contribution in [2.24, 2.45) is 0 Å². The summed E-state index contributed by atoms with van der Waals surface area (Å²) in [4.78, 5) is 19.0. The molecular weight excluding hydrogens is 437 g/mol.